The van der Waals surface area contributed by atoms with E-state index in [9.17, 15) is 4.39 Å². The summed E-state index contributed by atoms with van der Waals surface area (Å²) in [4.78, 5) is 3.95. The van der Waals surface area contributed by atoms with Crippen molar-refractivity contribution in [1.29, 1.82) is 0 Å². The molecule has 2 nitrogen and oxygen atoms in total. The summed E-state index contributed by atoms with van der Waals surface area (Å²) in [5, 5.41) is 3.21. The van der Waals surface area contributed by atoms with Crippen LogP contribution in [0, 0.1) is 5.92 Å². The van der Waals surface area contributed by atoms with Crippen LogP contribution in [0.2, 0.25) is 0 Å². The third-order valence-corrected chi connectivity index (χ3v) is 2.67. The van der Waals surface area contributed by atoms with E-state index in [0.29, 0.717) is 5.92 Å². The van der Waals surface area contributed by atoms with E-state index in [1.54, 1.807) is 12.4 Å². The number of alkyl halides is 1. The van der Waals surface area contributed by atoms with Crippen molar-refractivity contribution >= 4 is 0 Å². The maximum Gasteiger partial charge on any atom is 0.0941 e. The van der Waals surface area contributed by atoms with Gasteiger partial charge in [-0.25, -0.2) is 0 Å². The number of pyridine rings is 1. The summed E-state index contributed by atoms with van der Waals surface area (Å²) < 4.78 is 12.6. The molecule has 70 valence electrons. The van der Waals surface area contributed by atoms with Gasteiger partial charge in [0.2, 0.25) is 0 Å². The molecule has 1 aromatic rings. The molecule has 1 aliphatic heterocycles. The summed E-state index contributed by atoms with van der Waals surface area (Å²) in [6.45, 7) is 1.45. The molecule has 1 N–H and O–H groups in total. The smallest absolute Gasteiger partial charge is 0.0941 e. The van der Waals surface area contributed by atoms with Gasteiger partial charge < -0.3 is 5.32 Å². The van der Waals surface area contributed by atoms with Crippen LogP contribution in [0.1, 0.15) is 11.5 Å². The Balaban J connectivity index is 2.16. The Morgan fingerprint density at radius 3 is 2.85 bits per heavy atom. The van der Waals surface area contributed by atoms with Crippen LogP contribution in [0.5, 0.6) is 0 Å². The van der Waals surface area contributed by atoms with Crippen LogP contribution in [-0.4, -0.2) is 24.7 Å². The van der Waals surface area contributed by atoms with Crippen molar-refractivity contribution in [2.24, 2.45) is 5.92 Å². The molecule has 0 aromatic carbocycles. The molecule has 1 saturated heterocycles. The van der Waals surface area contributed by atoms with Crippen molar-refractivity contribution in [3.63, 3.8) is 0 Å². The second-order valence-corrected chi connectivity index (χ2v) is 3.46. The van der Waals surface area contributed by atoms with Gasteiger partial charge in [-0.05, 0) is 17.7 Å². The number of aromatic nitrogens is 1. The highest BCUT2D eigenvalue weighted by atomic mass is 19.1. The average molecular weight is 180 g/mol. The molecular formula is C10H13FN2. The minimum Gasteiger partial charge on any atom is -0.316 e. The van der Waals surface area contributed by atoms with Crippen LogP contribution in [0.3, 0.4) is 0 Å². The highest BCUT2D eigenvalue weighted by Crippen LogP contribution is 2.27. The quantitative estimate of drug-likeness (QED) is 0.743. The van der Waals surface area contributed by atoms with E-state index in [2.05, 4.69) is 10.3 Å². The molecule has 0 saturated carbocycles. The normalized spacial score (nSPS) is 27.8. The van der Waals surface area contributed by atoms with Crippen LogP contribution < -0.4 is 5.32 Å². The van der Waals surface area contributed by atoms with E-state index in [4.69, 9.17) is 0 Å². The largest absolute Gasteiger partial charge is 0.316 e. The van der Waals surface area contributed by atoms with Gasteiger partial charge in [-0.15, -0.1) is 0 Å². The third-order valence-electron chi connectivity index (χ3n) is 2.67. The zero-order valence-corrected chi connectivity index (χ0v) is 7.41. The molecule has 1 aromatic heterocycles. The van der Waals surface area contributed by atoms with Gasteiger partial charge in [-0.3, -0.25) is 9.37 Å². The monoisotopic (exact) mass is 180 g/mol. The first-order chi connectivity index (χ1) is 6.42. The molecule has 0 unspecified atom stereocenters. The molecule has 0 amide bonds. The molecule has 13 heavy (non-hydrogen) atoms. The maximum atomic E-state index is 12.6. The van der Waals surface area contributed by atoms with E-state index in [1.165, 1.54) is 5.56 Å². The summed E-state index contributed by atoms with van der Waals surface area (Å²) in [6.07, 6.45) is 3.53. The van der Waals surface area contributed by atoms with Gasteiger partial charge in [0.25, 0.3) is 0 Å². The van der Waals surface area contributed by atoms with Gasteiger partial charge in [0, 0.05) is 37.3 Å². The first-order valence-electron chi connectivity index (χ1n) is 4.58. The number of nitrogens with zero attached hydrogens (tertiary/aromatic N) is 1. The minimum absolute atomic E-state index is 0.141. The van der Waals surface area contributed by atoms with Crippen LogP contribution in [-0.2, 0) is 0 Å². The Morgan fingerprint density at radius 1 is 1.38 bits per heavy atom. The standard InChI is InChI=1S/C10H13FN2/c11-5-9-6-13-7-10(9)8-1-3-12-4-2-8/h1-4,9-10,13H,5-7H2/t9-,10-/m0/s1. The molecule has 1 aliphatic rings. The molecule has 2 rings (SSSR count). The molecule has 2 atom stereocenters. The van der Waals surface area contributed by atoms with Crippen molar-refractivity contribution in [3.8, 4) is 0 Å². The van der Waals surface area contributed by atoms with E-state index in [0.717, 1.165) is 13.1 Å². The number of halogens is 1. The molecule has 2 heterocycles. The number of rotatable bonds is 2. The Kier molecular flexibility index (Phi) is 2.54. The third kappa shape index (κ3) is 1.70. The number of nitrogens with one attached hydrogen (secondary N) is 1. The lowest BCUT2D eigenvalue weighted by molar-refractivity contribution is 0.358. The SMILES string of the molecule is FC[C@H]1CNC[C@H]1c1ccncc1. The van der Waals surface area contributed by atoms with Gasteiger partial charge in [-0.2, -0.15) is 0 Å². The lowest BCUT2D eigenvalue weighted by atomic mass is 9.91. The average Bonchev–Trinajstić information content (AvgIpc) is 2.67. The summed E-state index contributed by atoms with van der Waals surface area (Å²) in [5.74, 6) is 0.468. The number of hydrogen-bond donors (Lipinski definition) is 1. The van der Waals surface area contributed by atoms with Gasteiger partial charge in [-0.1, -0.05) is 0 Å². The fourth-order valence-electron chi connectivity index (χ4n) is 1.90. The van der Waals surface area contributed by atoms with Gasteiger partial charge in [0.05, 0.1) is 6.67 Å². The van der Waals surface area contributed by atoms with Crippen molar-refractivity contribution in [3.05, 3.63) is 30.1 Å². The van der Waals surface area contributed by atoms with Crippen LogP contribution in [0.15, 0.2) is 24.5 Å². The van der Waals surface area contributed by atoms with Gasteiger partial charge in [0.1, 0.15) is 0 Å². The van der Waals surface area contributed by atoms with E-state index >= 15 is 0 Å². The topological polar surface area (TPSA) is 24.9 Å². The molecular weight excluding hydrogens is 167 g/mol. The second kappa shape index (κ2) is 3.83. The Bertz CT molecular complexity index is 263. The van der Waals surface area contributed by atoms with E-state index < -0.39 is 0 Å². The van der Waals surface area contributed by atoms with Crippen LogP contribution >= 0.6 is 0 Å². The van der Waals surface area contributed by atoms with Gasteiger partial charge >= 0.3 is 0 Å². The Hall–Kier alpha value is -0.960. The fraction of sp³-hybridized carbons (Fsp3) is 0.500. The molecule has 0 aliphatic carbocycles. The summed E-state index contributed by atoms with van der Waals surface area (Å²) in [5.41, 5.74) is 1.20. The Morgan fingerprint density at radius 2 is 2.15 bits per heavy atom. The predicted octanol–water partition coefficient (Wildman–Crippen LogP) is 1.35. The van der Waals surface area contributed by atoms with Gasteiger partial charge in [0.15, 0.2) is 0 Å². The van der Waals surface area contributed by atoms with Crippen LogP contribution in [0.25, 0.3) is 0 Å². The first-order valence-corrected chi connectivity index (χ1v) is 4.58. The maximum absolute atomic E-state index is 12.6. The molecule has 3 heteroatoms. The van der Waals surface area contributed by atoms with Crippen molar-refractivity contribution in [2.75, 3.05) is 19.8 Å². The highest BCUT2D eigenvalue weighted by Gasteiger charge is 2.27. The summed E-state index contributed by atoms with van der Waals surface area (Å²) in [6, 6.07) is 3.95. The molecule has 0 bridgehead atoms. The summed E-state index contributed by atoms with van der Waals surface area (Å²) >= 11 is 0. The van der Waals surface area contributed by atoms with Crippen LogP contribution in [0.4, 0.5) is 4.39 Å². The lowest BCUT2D eigenvalue weighted by Crippen LogP contribution is -2.12. The van der Waals surface area contributed by atoms with Crippen molar-refractivity contribution in [2.45, 2.75) is 5.92 Å². The first kappa shape index (κ1) is 8.63. The molecule has 0 radical (unpaired) electrons. The lowest BCUT2D eigenvalue weighted by Gasteiger charge is -2.14. The zero-order chi connectivity index (χ0) is 9.10. The minimum atomic E-state index is -0.236. The second-order valence-electron chi connectivity index (χ2n) is 3.46. The zero-order valence-electron chi connectivity index (χ0n) is 7.41. The predicted molar refractivity (Wildman–Crippen MR) is 49.3 cm³/mol. The highest BCUT2D eigenvalue weighted by molar-refractivity contribution is 5.19. The number of hydrogen-bond acceptors (Lipinski definition) is 2. The van der Waals surface area contributed by atoms with Crippen molar-refractivity contribution < 1.29 is 4.39 Å². The molecule has 0 spiro atoms. The van der Waals surface area contributed by atoms with E-state index in [1.807, 2.05) is 12.1 Å². The van der Waals surface area contributed by atoms with Crippen molar-refractivity contribution in [1.82, 2.24) is 10.3 Å². The summed E-state index contributed by atoms with van der Waals surface area (Å²) in [7, 11) is 0. The fourth-order valence-corrected chi connectivity index (χ4v) is 1.90. The Labute approximate surface area is 77.2 Å². The van der Waals surface area contributed by atoms with E-state index in [-0.39, 0.29) is 12.6 Å². The molecule has 1 fully saturated rings.